The number of benzene rings is 2. The van der Waals surface area contributed by atoms with Crippen LogP contribution in [-0.2, 0) is 16.4 Å². The van der Waals surface area contributed by atoms with E-state index in [1.54, 1.807) is 53.7 Å². The minimum absolute atomic E-state index is 0.0725. The van der Waals surface area contributed by atoms with Crippen molar-refractivity contribution in [1.29, 1.82) is 0 Å². The van der Waals surface area contributed by atoms with Crippen LogP contribution in [0.2, 0.25) is 0 Å². The Morgan fingerprint density at radius 2 is 1.77 bits per heavy atom. The van der Waals surface area contributed by atoms with Crippen LogP contribution in [-0.4, -0.2) is 33.0 Å². The fourth-order valence-corrected chi connectivity index (χ4v) is 4.93. The molecule has 0 fully saturated rings. The summed E-state index contributed by atoms with van der Waals surface area (Å²) in [5.74, 6) is 0.142. The van der Waals surface area contributed by atoms with Crippen LogP contribution in [0.25, 0.3) is 0 Å². The van der Waals surface area contributed by atoms with Crippen LogP contribution in [0.5, 0.6) is 5.75 Å². The lowest BCUT2D eigenvalue weighted by Gasteiger charge is -2.19. The summed E-state index contributed by atoms with van der Waals surface area (Å²) < 4.78 is 34.1. The van der Waals surface area contributed by atoms with E-state index in [1.165, 1.54) is 7.11 Å². The summed E-state index contributed by atoms with van der Waals surface area (Å²) >= 11 is 0. The van der Waals surface area contributed by atoms with Crippen molar-refractivity contribution >= 4 is 27.3 Å². The fourth-order valence-electron chi connectivity index (χ4n) is 3.65. The molecular weight excluding hydrogens is 414 g/mol. The zero-order valence-electron chi connectivity index (χ0n) is 17.5. The number of nitrogens with one attached hydrogen (secondary N) is 1. The van der Waals surface area contributed by atoms with Gasteiger partial charge in [0, 0.05) is 30.2 Å². The monoisotopic (exact) mass is 437 g/mol. The van der Waals surface area contributed by atoms with Crippen LogP contribution in [0, 0.1) is 13.8 Å². The van der Waals surface area contributed by atoms with Crippen LogP contribution >= 0.6 is 0 Å². The molecule has 1 aromatic heterocycles. The van der Waals surface area contributed by atoms with Crippen molar-refractivity contribution in [3.8, 4) is 5.75 Å². The Balaban J connectivity index is 1.66. The molecule has 31 heavy (non-hydrogen) atoms. The maximum absolute atomic E-state index is 13.1. The molecule has 3 aromatic rings. The number of methoxy groups -OCH3 is 1. The molecule has 8 heteroatoms. The lowest BCUT2D eigenvalue weighted by Crippen LogP contribution is -2.28. The second-order valence-electron chi connectivity index (χ2n) is 7.48. The number of amides is 1. The molecule has 160 valence electrons. The Morgan fingerprint density at radius 1 is 1.06 bits per heavy atom. The third kappa shape index (κ3) is 3.98. The van der Waals surface area contributed by atoms with Gasteiger partial charge in [-0.1, -0.05) is 6.07 Å². The second kappa shape index (κ2) is 8.03. The van der Waals surface area contributed by atoms with Gasteiger partial charge in [0.25, 0.3) is 15.9 Å². The van der Waals surface area contributed by atoms with E-state index in [4.69, 9.17) is 4.74 Å². The third-order valence-corrected chi connectivity index (χ3v) is 6.88. The lowest BCUT2D eigenvalue weighted by molar-refractivity contribution is 0.0989. The molecule has 0 saturated heterocycles. The molecule has 0 bridgehead atoms. The summed E-state index contributed by atoms with van der Waals surface area (Å²) in [4.78, 5) is 18.6. The highest BCUT2D eigenvalue weighted by atomic mass is 32.2. The first kappa shape index (κ1) is 20.9. The Morgan fingerprint density at radius 3 is 2.48 bits per heavy atom. The lowest BCUT2D eigenvalue weighted by atomic mass is 10.1. The molecule has 2 heterocycles. The van der Waals surface area contributed by atoms with E-state index < -0.39 is 10.0 Å². The minimum atomic E-state index is -3.89. The van der Waals surface area contributed by atoms with Crippen LogP contribution in [0.3, 0.4) is 0 Å². The van der Waals surface area contributed by atoms with Gasteiger partial charge in [-0.05, 0) is 73.4 Å². The van der Waals surface area contributed by atoms with Crippen molar-refractivity contribution < 1.29 is 17.9 Å². The predicted octanol–water partition coefficient (Wildman–Crippen LogP) is 3.71. The van der Waals surface area contributed by atoms with E-state index in [0.717, 1.165) is 16.7 Å². The number of nitrogens with zero attached hydrogens (tertiary/aromatic N) is 2. The number of hydrogen-bond donors (Lipinski definition) is 1. The van der Waals surface area contributed by atoms with Crippen LogP contribution < -0.4 is 14.4 Å². The van der Waals surface area contributed by atoms with Gasteiger partial charge in [0.15, 0.2) is 0 Å². The normalized spacial score (nSPS) is 13.1. The zero-order valence-corrected chi connectivity index (χ0v) is 18.4. The van der Waals surface area contributed by atoms with Crippen molar-refractivity contribution in [3.63, 3.8) is 0 Å². The van der Waals surface area contributed by atoms with Gasteiger partial charge in [-0.25, -0.2) is 8.42 Å². The standard InChI is InChI=1S/C23H23N3O4S/c1-15-12-21(30-3)22(13-16(15)2)31(28,29)25-19-5-4-17-8-11-26(20(17)14-19)23(27)18-6-9-24-10-7-18/h4-7,9-10,12-14,25H,8,11H2,1-3H3. The van der Waals surface area contributed by atoms with Gasteiger partial charge < -0.3 is 9.64 Å². The molecular formula is C23H23N3O4S. The second-order valence-corrected chi connectivity index (χ2v) is 9.13. The van der Waals surface area contributed by atoms with Crippen LogP contribution in [0.1, 0.15) is 27.0 Å². The van der Waals surface area contributed by atoms with E-state index in [1.807, 2.05) is 19.9 Å². The molecule has 0 atom stereocenters. The molecule has 0 aliphatic carbocycles. The number of carbonyl (C=O) groups excluding carboxylic acids is 1. The average molecular weight is 438 g/mol. The molecule has 0 saturated carbocycles. The first-order valence-corrected chi connectivity index (χ1v) is 11.3. The summed E-state index contributed by atoms with van der Waals surface area (Å²) in [5.41, 5.74) is 4.41. The predicted molar refractivity (Wildman–Crippen MR) is 119 cm³/mol. The van der Waals surface area contributed by atoms with Gasteiger partial charge in [-0.2, -0.15) is 0 Å². The molecule has 0 spiro atoms. The Bertz CT molecular complexity index is 1260. The molecule has 2 aromatic carbocycles. The SMILES string of the molecule is COc1cc(C)c(C)cc1S(=O)(=O)Nc1ccc2c(c1)N(C(=O)c1ccncc1)CC2. The topological polar surface area (TPSA) is 88.6 Å². The number of fused-ring (bicyclic) bond motifs is 1. The van der Waals surface area contributed by atoms with E-state index in [0.29, 0.717) is 29.9 Å². The van der Waals surface area contributed by atoms with Gasteiger partial charge >= 0.3 is 0 Å². The molecule has 1 N–H and O–H groups in total. The average Bonchev–Trinajstić information content (AvgIpc) is 3.18. The van der Waals surface area contributed by atoms with Crippen LogP contribution in [0.4, 0.5) is 11.4 Å². The Hall–Kier alpha value is -3.39. The number of anilines is 2. The Kier molecular flexibility index (Phi) is 5.41. The molecule has 1 aliphatic heterocycles. The van der Waals surface area contributed by atoms with Gasteiger partial charge in [-0.3, -0.25) is 14.5 Å². The van der Waals surface area contributed by atoms with Crippen molar-refractivity contribution in [2.45, 2.75) is 25.2 Å². The van der Waals surface area contributed by atoms with E-state index in [2.05, 4.69) is 9.71 Å². The molecule has 4 rings (SSSR count). The molecule has 0 unspecified atom stereocenters. The number of pyridine rings is 1. The number of sulfonamides is 1. The van der Waals surface area contributed by atoms with E-state index in [-0.39, 0.29) is 16.6 Å². The fraction of sp³-hybridized carbons (Fsp3) is 0.217. The number of rotatable bonds is 5. The van der Waals surface area contributed by atoms with Gasteiger partial charge in [0.1, 0.15) is 10.6 Å². The van der Waals surface area contributed by atoms with Crippen molar-refractivity contribution in [3.05, 3.63) is 77.1 Å². The summed E-state index contributed by atoms with van der Waals surface area (Å²) in [6, 6.07) is 11.9. The number of aromatic nitrogens is 1. The molecule has 1 amide bonds. The summed E-state index contributed by atoms with van der Waals surface area (Å²) in [6.45, 7) is 4.29. The summed E-state index contributed by atoms with van der Waals surface area (Å²) in [6.07, 6.45) is 3.86. The minimum Gasteiger partial charge on any atom is -0.495 e. The maximum atomic E-state index is 13.1. The summed E-state index contributed by atoms with van der Waals surface area (Å²) in [7, 11) is -2.44. The first-order valence-electron chi connectivity index (χ1n) is 9.83. The smallest absolute Gasteiger partial charge is 0.265 e. The number of aryl methyl sites for hydroxylation is 2. The van der Waals surface area contributed by atoms with E-state index in [9.17, 15) is 13.2 Å². The largest absolute Gasteiger partial charge is 0.495 e. The highest BCUT2D eigenvalue weighted by Gasteiger charge is 2.27. The van der Waals surface area contributed by atoms with Crippen molar-refractivity contribution in [1.82, 2.24) is 4.98 Å². The summed E-state index contributed by atoms with van der Waals surface area (Å²) in [5, 5.41) is 0. The third-order valence-electron chi connectivity index (χ3n) is 5.47. The highest BCUT2D eigenvalue weighted by Crippen LogP contribution is 2.34. The maximum Gasteiger partial charge on any atom is 0.265 e. The first-order chi connectivity index (χ1) is 14.8. The van der Waals surface area contributed by atoms with Gasteiger partial charge in [0.05, 0.1) is 12.8 Å². The zero-order chi connectivity index (χ0) is 22.2. The Labute approximate surface area is 181 Å². The number of ether oxygens (including phenoxy) is 1. The quantitative estimate of drug-likeness (QED) is 0.657. The van der Waals surface area contributed by atoms with Crippen molar-refractivity contribution in [2.24, 2.45) is 0 Å². The van der Waals surface area contributed by atoms with E-state index >= 15 is 0 Å². The number of hydrogen-bond acceptors (Lipinski definition) is 5. The molecule has 7 nitrogen and oxygen atoms in total. The van der Waals surface area contributed by atoms with Gasteiger partial charge in [-0.15, -0.1) is 0 Å². The molecule has 1 aliphatic rings. The molecule has 0 radical (unpaired) electrons. The van der Waals surface area contributed by atoms with Crippen LogP contribution in [0.15, 0.2) is 59.8 Å². The van der Waals surface area contributed by atoms with Gasteiger partial charge in [0.2, 0.25) is 0 Å². The highest BCUT2D eigenvalue weighted by molar-refractivity contribution is 7.92. The number of carbonyl (C=O) groups is 1. The van der Waals surface area contributed by atoms with Crippen molar-refractivity contribution in [2.75, 3.05) is 23.3 Å².